The lowest BCUT2D eigenvalue weighted by Crippen LogP contribution is -2.39. The van der Waals surface area contributed by atoms with Gasteiger partial charge < -0.3 is 10.2 Å². The summed E-state index contributed by atoms with van der Waals surface area (Å²) in [6, 6.07) is 3.21. The Hall–Kier alpha value is -3.52. The zero-order chi connectivity index (χ0) is 27.5. The van der Waals surface area contributed by atoms with E-state index >= 15 is 0 Å². The molecule has 204 valence electrons. The van der Waals surface area contributed by atoms with Crippen LogP contribution >= 0.6 is 0 Å². The molecule has 0 amide bonds. The second-order valence-corrected chi connectivity index (χ2v) is 9.39. The quantitative estimate of drug-likeness (QED) is 0.351. The van der Waals surface area contributed by atoms with Gasteiger partial charge in [-0.15, -0.1) is 5.10 Å². The summed E-state index contributed by atoms with van der Waals surface area (Å²) in [6.45, 7) is -0.551. The third-order valence-electron chi connectivity index (χ3n) is 6.71. The van der Waals surface area contributed by atoms with E-state index in [-0.39, 0.29) is 41.5 Å². The van der Waals surface area contributed by atoms with Gasteiger partial charge in [-0.2, -0.15) is 44.7 Å². The predicted octanol–water partition coefficient (Wildman–Crippen LogP) is 6.60. The second kappa shape index (κ2) is 9.05. The molecule has 0 spiro atoms. The molecule has 1 aliphatic heterocycles. The summed E-state index contributed by atoms with van der Waals surface area (Å²) < 4.78 is 121. The number of H-pyrrole nitrogens is 1. The Balaban J connectivity index is 1.62. The van der Waals surface area contributed by atoms with Gasteiger partial charge in [0.1, 0.15) is 0 Å². The van der Waals surface area contributed by atoms with E-state index in [1.54, 1.807) is 0 Å². The normalized spacial score (nSPS) is 20.1. The molecule has 2 N–H and O–H groups in total. The van der Waals surface area contributed by atoms with Gasteiger partial charge >= 0.3 is 18.5 Å². The molecule has 38 heavy (non-hydrogen) atoms. The van der Waals surface area contributed by atoms with Crippen LogP contribution in [0.3, 0.4) is 0 Å². The highest BCUT2D eigenvalue weighted by Crippen LogP contribution is 2.47. The third kappa shape index (κ3) is 5.36. The lowest BCUT2D eigenvalue weighted by molar-refractivity contribution is -0.143. The maximum absolute atomic E-state index is 13.5. The molecule has 0 unspecified atom stereocenters. The van der Waals surface area contributed by atoms with Crippen molar-refractivity contribution in [3.63, 3.8) is 0 Å². The van der Waals surface area contributed by atoms with Gasteiger partial charge in [-0.1, -0.05) is 5.10 Å². The summed E-state index contributed by atoms with van der Waals surface area (Å²) in [4.78, 5) is 1.29. The summed E-state index contributed by atoms with van der Waals surface area (Å²) in [5, 5.41) is 16.6. The summed E-state index contributed by atoms with van der Waals surface area (Å²) in [6.07, 6.45) is -12.8. The van der Waals surface area contributed by atoms with E-state index in [4.69, 9.17) is 0 Å². The van der Waals surface area contributed by atoms with Gasteiger partial charge in [0.2, 0.25) is 0 Å². The number of alkyl halides is 9. The molecule has 0 radical (unpaired) electrons. The first-order valence-corrected chi connectivity index (χ1v) is 11.5. The number of anilines is 2. The Bertz CT molecular complexity index is 1260. The molecule has 2 aliphatic rings. The average molecular weight is 550 g/mol. The Morgan fingerprint density at radius 2 is 1.45 bits per heavy atom. The Labute approximate surface area is 209 Å². The van der Waals surface area contributed by atoms with Gasteiger partial charge in [-0.3, -0.25) is 0 Å². The fourth-order valence-corrected chi connectivity index (χ4v) is 4.78. The smallest absolute Gasteiger partial charge is 0.382 e. The first-order chi connectivity index (χ1) is 17.7. The van der Waals surface area contributed by atoms with Gasteiger partial charge in [-0.05, 0) is 77.9 Å². The number of hydrogen-bond acceptors (Lipinski definition) is 5. The third-order valence-corrected chi connectivity index (χ3v) is 6.71. The number of benzene rings is 2. The summed E-state index contributed by atoms with van der Waals surface area (Å²) in [5.41, 5.74) is -3.76. The number of halogens is 9. The highest BCUT2D eigenvalue weighted by molar-refractivity contribution is 5.60. The van der Waals surface area contributed by atoms with Gasteiger partial charge in [0, 0.05) is 18.3 Å². The average Bonchev–Trinajstić information content (AvgIpc) is 3.54. The summed E-state index contributed by atoms with van der Waals surface area (Å²) in [5.74, 6) is 0.0474. The molecule has 1 fully saturated rings. The lowest BCUT2D eigenvalue weighted by Gasteiger charge is -2.40. The zero-order valence-corrected chi connectivity index (χ0v) is 19.2. The van der Waals surface area contributed by atoms with Crippen molar-refractivity contribution in [3.05, 3.63) is 64.2 Å². The minimum atomic E-state index is -5.06. The van der Waals surface area contributed by atoms with Crippen LogP contribution in [0.15, 0.2) is 36.4 Å². The number of fused-ring (bicyclic) bond motifs is 1. The Morgan fingerprint density at radius 3 is 1.97 bits per heavy atom. The van der Waals surface area contributed by atoms with Crippen molar-refractivity contribution in [1.29, 1.82) is 0 Å². The molecular formula is C23H19F9N6. The SMILES string of the molecule is FC(F)(F)c1cc(CN(c2nn[nH]n2)[C@H]2C[C@@H](C3CC3)Nc3ccc(C(F)(F)F)cc32)cc(C(F)(F)F)c1. The molecule has 1 aromatic heterocycles. The van der Waals surface area contributed by atoms with E-state index in [1.807, 2.05) is 0 Å². The molecule has 15 heteroatoms. The van der Waals surface area contributed by atoms with E-state index in [2.05, 4.69) is 25.9 Å². The molecule has 2 heterocycles. The highest BCUT2D eigenvalue weighted by Gasteiger charge is 2.42. The van der Waals surface area contributed by atoms with Crippen molar-refractivity contribution in [2.75, 3.05) is 10.2 Å². The topological polar surface area (TPSA) is 69.7 Å². The second-order valence-electron chi connectivity index (χ2n) is 9.39. The molecule has 2 aromatic carbocycles. The fraction of sp³-hybridized carbons (Fsp3) is 0.435. The number of aromatic amines is 1. The van der Waals surface area contributed by atoms with Crippen LogP contribution < -0.4 is 10.2 Å². The van der Waals surface area contributed by atoms with Gasteiger partial charge in [0.15, 0.2) is 0 Å². The monoisotopic (exact) mass is 550 g/mol. The maximum atomic E-state index is 13.5. The number of aromatic nitrogens is 4. The van der Waals surface area contributed by atoms with E-state index in [1.165, 1.54) is 11.0 Å². The molecule has 2 atom stereocenters. The molecule has 1 aliphatic carbocycles. The first kappa shape index (κ1) is 26.1. The fourth-order valence-electron chi connectivity index (χ4n) is 4.78. The van der Waals surface area contributed by atoms with Crippen molar-refractivity contribution >= 4 is 11.6 Å². The van der Waals surface area contributed by atoms with Crippen molar-refractivity contribution < 1.29 is 39.5 Å². The first-order valence-electron chi connectivity index (χ1n) is 11.5. The number of tetrazole rings is 1. The van der Waals surface area contributed by atoms with Crippen LogP contribution in [0.1, 0.15) is 53.1 Å². The summed E-state index contributed by atoms with van der Waals surface area (Å²) >= 11 is 0. The largest absolute Gasteiger partial charge is 0.416 e. The van der Waals surface area contributed by atoms with Crippen LogP contribution in [0, 0.1) is 5.92 Å². The van der Waals surface area contributed by atoms with Crippen LogP contribution in [0.4, 0.5) is 51.1 Å². The van der Waals surface area contributed by atoms with Crippen LogP contribution in [-0.4, -0.2) is 26.7 Å². The van der Waals surface area contributed by atoms with Crippen molar-refractivity contribution in [2.45, 2.75) is 56.4 Å². The van der Waals surface area contributed by atoms with E-state index in [9.17, 15) is 39.5 Å². The Kier molecular flexibility index (Phi) is 6.21. The maximum Gasteiger partial charge on any atom is 0.416 e. The number of nitrogens with one attached hydrogen (secondary N) is 2. The molecule has 3 aromatic rings. The molecule has 0 bridgehead atoms. The molecular weight excluding hydrogens is 531 g/mol. The predicted molar refractivity (Wildman–Crippen MR) is 116 cm³/mol. The van der Waals surface area contributed by atoms with Crippen molar-refractivity contribution in [3.8, 4) is 0 Å². The number of rotatable bonds is 5. The zero-order valence-electron chi connectivity index (χ0n) is 19.2. The minimum Gasteiger partial charge on any atom is -0.382 e. The number of hydrogen-bond donors (Lipinski definition) is 2. The lowest BCUT2D eigenvalue weighted by atomic mass is 9.88. The molecule has 6 nitrogen and oxygen atoms in total. The van der Waals surface area contributed by atoms with Crippen molar-refractivity contribution in [1.82, 2.24) is 20.6 Å². The molecule has 0 saturated heterocycles. The highest BCUT2D eigenvalue weighted by atomic mass is 19.4. The van der Waals surface area contributed by atoms with Crippen LogP contribution in [-0.2, 0) is 25.1 Å². The standard InChI is InChI=1S/C23H19F9N6/c24-21(25,26)13-3-4-17-16(8-13)19(9-18(33-17)12-1-2-12)38(20-34-36-37-35-20)10-11-5-14(22(27,28)29)7-15(6-11)23(30,31)32/h3-8,12,18-19,33H,1-2,9-10H2,(H,34,35,36,37)/t18-,19-/m0/s1. The van der Waals surface area contributed by atoms with Gasteiger partial charge in [0.05, 0.1) is 22.7 Å². The van der Waals surface area contributed by atoms with Crippen LogP contribution in [0.5, 0.6) is 0 Å². The number of nitrogens with zero attached hydrogens (tertiary/aromatic N) is 4. The van der Waals surface area contributed by atoms with Crippen LogP contribution in [0.25, 0.3) is 0 Å². The summed E-state index contributed by atoms with van der Waals surface area (Å²) in [7, 11) is 0. The van der Waals surface area contributed by atoms with Gasteiger partial charge in [0.25, 0.3) is 5.95 Å². The van der Waals surface area contributed by atoms with E-state index < -0.39 is 47.8 Å². The molecule has 5 rings (SSSR count). The minimum absolute atomic E-state index is 0.0146. The van der Waals surface area contributed by atoms with Crippen molar-refractivity contribution in [2.24, 2.45) is 5.92 Å². The van der Waals surface area contributed by atoms with E-state index in [0.717, 1.165) is 25.0 Å². The Morgan fingerprint density at radius 1 is 0.816 bits per heavy atom. The van der Waals surface area contributed by atoms with Gasteiger partial charge in [-0.25, -0.2) is 0 Å². The van der Waals surface area contributed by atoms with E-state index in [0.29, 0.717) is 17.8 Å². The molecule has 1 saturated carbocycles. The van der Waals surface area contributed by atoms with Crippen LogP contribution in [0.2, 0.25) is 0 Å².